The van der Waals surface area contributed by atoms with Crippen LogP contribution in [0.1, 0.15) is 24.3 Å². The van der Waals surface area contributed by atoms with E-state index >= 15 is 0 Å². The first-order chi connectivity index (χ1) is 11.8. The molecule has 2 heterocycles. The van der Waals surface area contributed by atoms with Gasteiger partial charge >= 0.3 is 0 Å². The minimum Gasteiger partial charge on any atom is -0.496 e. The summed E-state index contributed by atoms with van der Waals surface area (Å²) >= 11 is 1.63. The van der Waals surface area contributed by atoms with Crippen molar-refractivity contribution < 1.29 is 9.53 Å². The lowest BCUT2D eigenvalue weighted by Gasteiger charge is -2.18. The summed E-state index contributed by atoms with van der Waals surface area (Å²) in [4.78, 5) is 18.7. The fourth-order valence-electron chi connectivity index (χ4n) is 3.08. The van der Waals surface area contributed by atoms with Crippen molar-refractivity contribution in [2.24, 2.45) is 0 Å². The monoisotopic (exact) mass is 342 g/mol. The van der Waals surface area contributed by atoms with Crippen LogP contribution in [-0.2, 0) is 4.79 Å². The van der Waals surface area contributed by atoms with Crippen LogP contribution in [0.15, 0.2) is 53.7 Å². The lowest BCUT2D eigenvalue weighted by molar-refractivity contribution is -0.129. The first kappa shape index (κ1) is 16.8. The van der Waals surface area contributed by atoms with Crippen LogP contribution in [0.25, 0.3) is 0 Å². The van der Waals surface area contributed by atoms with Crippen LogP contribution in [0.2, 0.25) is 0 Å². The van der Waals surface area contributed by atoms with Gasteiger partial charge in [-0.3, -0.25) is 4.79 Å². The molecule has 5 heteroatoms. The third-order valence-corrected chi connectivity index (χ3v) is 5.27. The Labute approximate surface area is 147 Å². The molecule has 1 aliphatic heterocycles. The molecule has 24 heavy (non-hydrogen) atoms. The van der Waals surface area contributed by atoms with Crippen molar-refractivity contribution in [1.82, 2.24) is 9.88 Å². The second kappa shape index (κ2) is 8.20. The quantitative estimate of drug-likeness (QED) is 0.753. The maximum absolute atomic E-state index is 12.4. The molecule has 0 bridgehead atoms. The number of methoxy groups -OCH3 is 1. The highest BCUT2D eigenvalue weighted by molar-refractivity contribution is 7.99. The third-order valence-electron chi connectivity index (χ3n) is 4.32. The largest absolute Gasteiger partial charge is 0.496 e. The number of thioether (sulfide) groups is 1. The highest BCUT2D eigenvalue weighted by Crippen LogP contribution is 2.33. The van der Waals surface area contributed by atoms with Gasteiger partial charge < -0.3 is 9.64 Å². The minimum absolute atomic E-state index is 0.232. The molecule has 1 saturated heterocycles. The van der Waals surface area contributed by atoms with Gasteiger partial charge in [-0.25, -0.2) is 4.98 Å². The summed E-state index contributed by atoms with van der Waals surface area (Å²) in [6, 6.07) is 14.0. The summed E-state index contributed by atoms with van der Waals surface area (Å²) < 4.78 is 5.45. The summed E-state index contributed by atoms with van der Waals surface area (Å²) in [7, 11) is 1.70. The number of para-hydroxylation sites is 1. The Balaban J connectivity index is 1.51. The lowest BCUT2D eigenvalue weighted by Crippen LogP contribution is -2.28. The van der Waals surface area contributed by atoms with Crippen molar-refractivity contribution in [3.05, 3.63) is 54.2 Å². The number of ether oxygens (including phenoxy) is 1. The average molecular weight is 342 g/mol. The molecular weight excluding hydrogens is 320 g/mol. The van der Waals surface area contributed by atoms with Crippen LogP contribution >= 0.6 is 11.8 Å². The zero-order valence-electron chi connectivity index (χ0n) is 13.9. The molecule has 1 aromatic heterocycles. The zero-order chi connectivity index (χ0) is 16.8. The van der Waals surface area contributed by atoms with E-state index in [1.165, 1.54) is 5.56 Å². The number of rotatable bonds is 6. The van der Waals surface area contributed by atoms with E-state index in [-0.39, 0.29) is 5.91 Å². The molecule has 0 unspecified atom stereocenters. The molecule has 2 aromatic rings. The van der Waals surface area contributed by atoms with Gasteiger partial charge in [0.1, 0.15) is 5.75 Å². The Kier molecular flexibility index (Phi) is 5.75. The normalized spacial score (nSPS) is 17.0. The minimum atomic E-state index is 0.232. The lowest BCUT2D eigenvalue weighted by atomic mass is 9.97. The van der Waals surface area contributed by atoms with E-state index in [2.05, 4.69) is 11.1 Å². The van der Waals surface area contributed by atoms with Crippen LogP contribution in [0.5, 0.6) is 5.75 Å². The molecule has 0 N–H and O–H groups in total. The van der Waals surface area contributed by atoms with Gasteiger partial charge in [0.05, 0.1) is 12.1 Å². The summed E-state index contributed by atoms with van der Waals surface area (Å²) in [5, 5.41) is 0.971. The topological polar surface area (TPSA) is 42.4 Å². The van der Waals surface area contributed by atoms with Crippen molar-refractivity contribution >= 4 is 17.7 Å². The van der Waals surface area contributed by atoms with Crippen molar-refractivity contribution in [1.29, 1.82) is 0 Å². The SMILES string of the molecule is COc1ccccc1[C@H]1CCN(C(=O)CCSc2ccccn2)C1. The number of hydrogen-bond acceptors (Lipinski definition) is 4. The van der Waals surface area contributed by atoms with E-state index in [0.717, 1.165) is 36.0 Å². The number of carbonyl (C=O) groups is 1. The second-order valence-electron chi connectivity index (χ2n) is 5.83. The van der Waals surface area contributed by atoms with E-state index in [1.54, 1.807) is 25.1 Å². The van der Waals surface area contributed by atoms with E-state index in [0.29, 0.717) is 12.3 Å². The molecule has 0 saturated carbocycles. The van der Waals surface area contributed by atoms with Crippen molar-refractivity contribution in [2.45, 2.75) is 23.8 Å². The van der Waals surface area contributed by atoms with Gasteiger partial charge in [-0.2, -0.15) is 0 Å². The van der Waals surface area contributed by atoms with E-state index in [1.807, 2.05) is 41.3 Å². The Bertz CT molecular complexity index is 678. The number of hydrogen-bond donors (Lipinski definition) is 0. The number of amides is 1. The number of pyridine rings is 1. The maximum Gasteiger partial charge on any atom is 0.223 e. The fourth-order valence-corrected chi connectivity index (χ4v) is 3.87. The van der Waals surface area contributed by atoms with Crippen molar-refractivity contribution in [3.8, 4) is 5.75 Å². The van der Waals surface area contributed by atoms with Crippen LogP contribution in [0, 0.1) is 0 Å². The van der Waals surface area contributed by atoms with Gasteiger partial charge in [0, 0.05) is 37.4 Å². The molecule has 1 amide bonds. The van der Waals surface area contributed by atoms with Crippen LogP contribution in [0.4, 0.5) is 0 Å². The van der Waals surface area contributed by atoms with Gasteiger partial charge in [0.15, 0.2) is 0 Å². The second-order valence-corrected chi connectivity index (χ2v) is 6.95. The molecule has 126 valence electrons. The summed E-state index contributed by atoms with van der Waals surface area (Å²) in [6.45, 7) is 1.61. The number of benzene rings is 1. The molecule has 1 atom stereocenters. The number of carbonyl (C=O) groups excluding carboxylic acids is 1. The summed E-state index contributed by atoms with van der Waals surface area (Å²) in [5.74, 6) is 2.29. The molecule has 0 spiro atoms. The molecule has 4 nitrogen and oxygen atoms in total. The molecule has 1 fully saturated rings. The summed E-state index contributed by atoms with van der Waals surface area (Å²) in [5.41, 5.74) is 1.21. The molecular formula is C19H22N2O2S. The molecule has 3 rings (SSSR count). The van der Waals surface area contributed by atoms with Crippen LogP contribution in [0.3, 0.4) is 0 Å². The van der Waals surface area contributed by atoms with Crippen LogP contribution < -0.4 is 4.74 Å². The van der Waals surface area contributed by atoms with Gasteiger partial charge in [-0.05, 0) is 30.2 Å². The summed E-state index contributed by atoms with van der Waals surface area (Å²) in [6.07, 6.45) is 3.34. The highest BCUT2D eigenvalue weighted by Gasteiger charge is 2.28. The van der Waals surface area contributed by atoms with E-state index < -0.39 is 0 Å². The Morgan fingerprint density at radius 2 is 2.12 bits per heavy atom. The average Bonchev–Trinajstić information content (AvgIpc) is 3.12. The predicted octanol–water partition coefficient (Wildman–Crippen LogP) is 3.59. The third kappa shape index (κ3) is 4.09. The first-order valence-corrected chi connectivity index (χ1v) is 9.21. The number of nitrogens with zero attached hydrogens (tertiary/aromatic N) is 2. The molecule has 0 radical (unpaired) electrons. The number of likely N-dealkylation sites (tertiary alicyclic amines) is 1. The van der Waals surface area contributed by atoms with Crippen molar-refractivity contribution in [3.63, 3.8) is 0 Å². The Morgan fingerprint density at radius 1 is 1.29 bits per heavy atom. The molecule has 1 aromatic carbocycles. The van der Waals surface area contributed by atoms with Gasteiger partial charge in [-0.15, -0.1) is 11.8 Å². The standard InChI is InChI=1S/C19H22N2O2S/c1-23-17-7-3-2-6-16(17)15-9-12-21(14-15)19(22)10-13-24-18-8-4-5-11-20-18/h2-8,11,15H,9-10,12-14H2,1H3/t15-/m0/s1. The highest BCUT2D eigenvalue weighted by atomic mass is 32.2. The predicted molar refractivity (Wildman–Crippen MR) is 96.5 cm³/mol. The van der Waals surface area contributed by atoms with E-state index in [4.69, 9.17) is 4.74 Å². The maximum atomic E-state index is 12.4. The van der Waals surface area contributed by atoms with E-state index in [9.17, 15) is 4.79 Å². The Hall–Kier alpha value is -2.01. The number of aromatic nitrogens is 1. The fraction of sp³-hybridized carbons (Fsp3) is 0.368. The molecule has 0 aliphatic carbocycles. The van der Waals surface area contributed by atoms with Gasteiger partial charge in [0.2, 0.25) is 5.91 Å². The molecule has 1 aliphatic rings. The first-order valence-electron chi connectivity index (χ1n) is 8.22. The van der Waals surface area contributed by atoms with Crippen LogP contribution in [-0.4, -0.2) is 41.7 Å². The zero-order valence-corrected chi connectivity index (χ0v) is 14.7. The smallest absolute Gasteiger partial charge is 0.223 e. The van der Waals surface area contributed by atoms with Gasteiger partial charge in [0.25, 0.3) is 0 Å². The van der Waals surface area contributed by atoms with Gasteiger partial charge in [-0.1, -0.05) is 24.3 Å². The Morgan fingerprint density at radius 3 is 2.92 bits per heavy atom. The van der Waals surface area contributed by atoms with Crippen molar-refractivity contribution in [2.75, 3.05) is 26.0 Å².